The van der Waals surface area contributed by atoms with Crippen LogP contribution >= 0.6 is 15.9 Å². The first kappa shape index (κ1) is 16.1. The molecule has 0 fully saturated rings. The Labute approximate surface area is 145 Å². The minimum absolute atomic E-state index is 0.263. The van der Waals surface area contributed by atoms with Gasteiger partial charge in [0.2, 0.25) is 0 Å². The molecule has 24 heavy (non-hydrogen) atoms. The van der Waals surface area contributed by atoms with Gasteiger partial charge in [-0.15, -0.1) is 0 Å². The molecule has 3 rings (SSSR count). The van der Waals surface area contributed by atoms with Gasteiger partial charge in [0.25, 0.3) is 5.91 Å². The molecule has 0 unspecified atom stereocenters. The van der Waals surface area contributed by atoms with Gasteiger partial charge in [-0.1, -0.05) is 34.1 Å². The lowest BCUT2D eigenvalue weighted by Gasteiger charge is -1.98. The molecule has 1 amide bonds. The van der Waals surface area contributed by atoms with Gasteiger partial charge in [0, 0.05) is 15.6 Å². The molecule has 120 valence electrons. The molecule has 0 radical (unpaired) electrons. The first-order valence-corrected chi connectivity index (χ1v) is 7.82. The summed E-state index contributed by atoms with van der Waals surface area (Å²) in [5.41, 5.74) is 4.79. The Morgan fingerprint density at radius 1 is 1.21 bits per heavy atom. The Kier molecular flexibility index (Phi) is 4.81. The molecule has 1 aromatic heterocycles. The second-order valence-corrected chi connectivity index (χ2v) is 5.75. The van der Waals surface area contributed by atoms with Crippen molar-refractivity contribution in [3.63, 3.8) is 0 Å². The number of amides is 1. The van der Waals surface area contributed by atoms with E-state index in [1.54, 1.807) is 24.4 Å². The quantitative estimate of drug-likeness (QED) is 0.529. The number of aromatic nitrogens is 2. The van der Waals surface area contributed by atoms with Crippen LogP contribution in [0.3, 0.4) is 0 Å². The van der Waals surface area contributed by atoms with Crippen LogP contribution in [0.15, 0.2) is 64.2 Å². The van der Waals surface area contributed by atoms with Gasteiger partial charge in [-0.3, -0.25) is 9.89 Å². The highest BCUT2D eigenvalue weighted by Crippen LogP contribution is 2.18. The predicted molar refractivity (Wildman–Crippen MR) is 93.2 cm³/mol. The standard InChI is InChI=1S/C17H12BrFN4O/c18-14-4-2-1-3-12(14)10-20-23-17(24)16-9-15(21-22-16)11-5-7-13(19)8-6-11/h1-10H,(H,21,22)(H,23,24). The minimum Gasteiger partial charge on any atom is -0.272 e. The van der Waals surface area contributed by atoms with Gasteiger partial charge in [-0.05, 0) is 36.4 Å². The van der Waals surface area contributed by atoms with Crippen LogP contribution in [0.25, 0.3) is 11.3 Å². The largest absolute Gasteiger partial charge is 0.289 e. The molecule has 0 spiro atoms. The van der Waals surface area contributed by atoms with Gasteiger partial charge in [0.05, 0.1) is 11.9 Å². The average molecular weight is 387 g/mol. The lowest BCUT2D eigenvalue weighted by atomic mass is 10.1. The van der Waals surface area contributed by atoms with Gasteiger partial charge >= 0.3 is 0 Å². The normalized spacial score (nSPS) is 10.9. The van der Waals surface area contributed by atoms with Crippen molar-refractivity contribution in [2.75, 3.05) is 0 Å². The summed E-state index contributed by atoms with van der Waals surface area (Å²) in [6, 6.07) is 15.0. The maximum absolute atomic E-state index is 12.9. The summed E-state index contributed by atoms with van der Waals surface area (Å²) in [5.74, 6) is -0.743. The fourth-order valence-electron chi connectivity index (χ4n) is 2.01. The zero-order valence-electron chi connectivity index (χ0n) is 12.3. The van der Waals surface area contributed by atoms with Crippen molar-refractivity contribution in [1.82, 2.24) is 15.6 Å². The second kappa shape index (κ2) is 7.18. The lowest BCUT2D eigenvalue weighted by Crippen LogP contribution is -2.18. The third-order valence-corrected chi connectivity index (χ3v) is 3.96. The summed E-state index contributed by atoms with van der Waals surface area (Å²) < 4.78 is 13.8. The molecule has 0 atom stereocenters. The molecule has 1 heterocycles. The van der Waals surface area contributed by atoms with Crippen molar-refractivity contribution in [3.8, 4) is 11.3 Å². The van der Waals surface area contributed by atoms with E-state index in [4.69, 9.17) is 0 Å². The minimum atomic E-state index is -0.417. The van der Waals surface area contributed by atoms with E-state index < -0.39 is 5.91 Å². The fourth-order valence-corrected chi connectivity index (χ4v) is 2.39. The molecule has 0 aliphatic rings. The summed E-state index contributed by atoms with van der Waals surface area (Å²) in [4.78, 5) is 12.1. The molecule has 2 aromatic carbocycles. The van der Waals surface area contributed by atoms with Crippen LogP contribution in [0.5, 0.6) is 0 Å². The number of hydrogen-bond acceptors (Lipinski definition) is 3. The zero-order chi connectivity index (χ0) is 16.9. The second-order valence-electron chi connectivity index (χ2n) is 4.89. The molecular weight excluding hydrogens is 375 g/mol. The molecule has 0 saturated carbocycles. The number of halogens is 2. The number of nitrogens with one attached hydrogen (secondary N) is 2. The maximum atomic E-state index is 12.9. The highest BCUT2D eigenvalue weighted by atomic mass is 79.9. The van der Waals surface area contributed by atoms with Crippen molar-refractivity contribution in [1.29, 1.82) is 0 Å². The van der Waals surface area contributed by atoms with Crippen LogP contribution in [0.4, 0.5) is 4.39 Å². The van der Waals surface area contributed by atoms with Gasteiger partial charge in [-0.25, -0.2) is 9.82 Å². The molecule has 5 nitrogen and oxygen atoms in total. The van der Waals surface area contributed by atoms with Gasteiger partial charge < -0.3 is 0 Å². The first-order valence-electron chi connectivity index (χ1n) is 7.03. The van der Waals surface area contributed by atoms with Crippen molar-refractivity contribution < 1.29 is 9.18 Å². The Morgan fingerprint density at radius 3 is 2.71 bits per heavy atom. The monoisotopic (exact) mass is 386 g/mol. The van der Waals surface area contributed by atoms with Crippen LogP contribution in [0, 0.1) is 5.82 Å². The predicted octanol–water partition coefficient (Wildman–Crippen LogP) is 3.74. The highest BCUT2D eigenvalue weighted by molar-refractivity contribution is 9.10. The molecule has 3 aromatic rings. The van der Waals surface area contributed by atoms with E-state index in [-0.39, 0.29) is 11.5 Å². The number of H-pyrrole nitrogens is 1. The lowest BCUT2D eigenvalue weighted by molar-refractivity contribution is 0.0950. The highest BCUT2D eigenvalue weighted by Gasteiger charge is 2.10. The van der Waals surface area contributed by atoms with Crippen LogP contribution in [0.2, 0.25) is 0 Å². The number of carbonyl (C=O) groups excluding carboxylic acids is 1. The van der Waals surface area contributed by atoms with Crippen LogP contribution in [-0.2, 0) is 0 Å². The van der Waals surface area contributed by atoms with Crippen molar-refractivity contribution >= 4 is 28.1 Å². The fraction of sp³-hybridized carbons (Fsp3) is 0. The van der Waals surface area contributed by atoms with Crippen molar-refractivity contribution in [2.45, 2.75) is 0 Å². The first-order chi connectivity index (χ1) is 11.6. The number of carbonyl (C=O) groups is 1. The van der Waals surface area contributed by atoms with Crippen LogP contribution in [-0.4, -0.2) is 22.3 Å². The zero-order valence-corrected chi connectivity index (χ0v) is 13.9. The van der Waals surface area contributed by atoms with Crippen LogP contribution < -0.4 is 5.43 Å². The molecular formula is C17H12BrFN4O. The molecule has 0 aliphatic carbocycles. The van der Waals surface area contributed by atoms with E-state index >= 15 is 0 Å². The van der Waals surface area contributed by atoms with Crippen molar-refractivity contribution in [3.05, 3.63) is 76.1 Å². The number of rotatable bonds is 4. The SMILES string of the molecule is O=C(NN=Cc1ccccc1Br)c1cc(-c2ccc(F)cc2)n[nH]1. The molecule has 0 bridgehead atoms. The third-order valence-electron chi connectivity index (χ3n) is 3.24. The Bertz CT molecular complexity index is 890. The van der Waals surface area contributed by atoms with E-state index in [0.717, 1.165) is 10.0 Å². The Morgan fingerprint density at radius 2 is 1.96 bits per heavy atom. The van der Waals surface area contributed by atoms with Crippen molar-refractivity contribution in [2.24, 2.45) is 5.10 Å². The van der Waals surface area contributed by atoms with E-state index in [1.165, 1.54) is 12.1 Å². The third kappa shape index (κ3) is 3.75. The molecule has 2 N–H and O–H groups in total. The van der Waals surface area contributed by atoms with E-state index in [9.17, 15) is 9.18 Å². The van der Waals surface area contributed by atoms with Crippen LogP contribution in [0.1, 0.15) is 16.1 Å². The summed E-state index contributed by atoms with van der Waals surface area (Å²) >= 11 is 3.40. The maximum Gasteiger partial charge on any atom is 0.289 e. The van der Waals surface area contributed by atoms with Gasteiger partial charge in [-0.2, -0.15) is 10.2 Å². The van der Waals surface area contributed by atoms with E-state index in [0.29, 0.717) is 11.3 Å². The molecule has 0 aliphatic heterocycles. The number of hydrogen-bond donors (Lipinski definition) is 2. The van der Waals surface area contributed by atoms with E-state index in [2.05, 4.69) is 36.7 Å². The summed E-state index contributed by atoms with van der Waals surface area (Å²) in [6.07, 6.45) is 1.54. The number of nitrogens with zero attached hydrogens (tertiary/aromatic N) is 2. The Balaban J connectivity index is 1.68. The summed E-state index contributed by atoms with van der Waals surface area (Å²) in [7, 11) is 0. The number of benzene rings is 2. The summed E-state index contributed by atoms with van der Waals surface area (Å²) in [6.45, 7) is 0. The molecule has 7 heteroatoms. The summed E-state index contributed by atoms with van der Waals surface area (Å²) in [5, 5.41) is 10.6. The average Bonchev–Trinajstić information content (AvgIpc) is 3.07. The number of hydrazone groups is 1. The van der Waals surface area contributed by atoms with Gasteiger partial charge in [0.1, 0.15) is 11.5 Å². The number of aromatic amines is 1. The topological polar surface area (TPSA) is 70.1 Å². The smallest absolute Gasteiger partial charge is 0.272 e. The van der Waals surface area contributed by atoms with E-state index in [1.807, 2.05) is 24.3 Å². The van der Waals surface area contributed by atoms with Gasteiger partial charge in [0.15, 0.2) is 0 Å². The molecule has 0 saturated heterocycles. The Hall–Kier alpha value is -2.80.